The number of carbonyl (C=O) groups is 1. The Bertz CT molecular complexity index is 686. The Morgan fingerprint density at radius 1 is 1.09 bits per heavy atom. The molecular formula is C17H21N3O2. The lowest BCUT2D eigenvalue weighted by Gasteiger charge is -2.19. The van der Waals surface area contributed by atoms with E-state index in [9.17, 15) is 9.90 Å². The van der Waals surface area contributed by atoms with Gasteiger partial charge in [0.15, 0.2) is 11.5 Å². The molecule has 22 heavy (non-hydrogen) atoms. The zero-order chi connectivity index (χ0) is 16.5. The van der Waals surface area contributed by atoms with Gasteiger partial charge in [-0.05, 0) is 11.0 Å². The van der Waals surface area contributed by atoms with E-state index in [0.717, 1.165) is 5.56 Å². The number of benzene rings is 1. The molecule has 1 aromatic carbocycles. The summed E-state index contributed by atoms with van der Waals surface area (Å²) in [7, 11) is 3.64. The number of anilines is 1. The molecule has 0 saturated heterocycles. The van der Waals surface area contributed by atoms with Crippen molar-refractivity contribution >= 4 is 11.8 Å². The highest BCUT2D eigenvalue weighted by molar-refractivity contribution is 5.87. The molecular weight excluding hydrogens is 278 g/mol. The van der Waals surface area contributed by atoms with Crippen LogP contribution in [0.1, 0.15) is 36.8 Å². The van der Waals surface area contributed by atoms with Crippen molar-refractivity contribution in [1.82, 2.24) is 9.97 Å². The number of hydrogen-bond acceptors (Lipinski definition) is 4. The maximum Gasteiger partial charge on any atom is 0.354 e. The topological polar surface area (TPSA) is 66.3 Å². The lowest BCUT2D eigenvalue weighted by Crippen LogP contribution is -2.14. The van der Waals surface area contributed by atoms with Crippen molar-refractivity contribution < 1.29 is 9.90 Å². The monoisotopic (exact) mass is 299 g/mol. The van der Waals surface area contributed by atoms with Crippen LogP contribution in [-0.2, 0) is 5.41 Å². The summed E-state index contributed by atoms with van der Waals surface area (Å²) in [5.74, 6) is -0.0654. The molecule has 0 radical (unpaired) electrons. The number of nitrogens with zero attached hydrogens (tertiary/aromatic N) is 3. The number of carboxylic acid groups (broad SMARTS) is 1. The predicted molar refractivity (Wildman–Crippen MR) is 87.5 cm³/mol. The molecule has 116 valence electrons. The van der Waals surface area contributed by atoms with Gasteiger partial charge < -0.3 is 10.0 Å². The number of rotatable bonds is 3. The lowest BCUT2D eigenvalue weighted by atomic mass is 9.87. The Hall–Kier alpha value is -2.43. The Labute approximate surface area is 130 Å². The van der Waals surface area contributed by atoms with Crippen molar-refractivity contribution in [2.75, 3.05) is 19.0 Å². The number of aromatic nitrogens is 2. The second kappa shape index (κ2) is 5.75. The highest BCUT2D eigenvalue weighted by Gasteiger charge is 2.15. The maximum atomic E-state index is 11.2. The summed E-state index contributed by atoms with van der Waals surface area (Å²) in [6.45, 7) is 6.44. The SMILES string of the molecule is CN(C)c1cc(C(=O)O)nc(-c2ccc(C(C)(C)C)cc2)n1. The van der Waals surface area contributed by atoms with E-state index in [2.05, 4.69) is 30.7 Å². The third kappa shape index (κ3) is 3.42. The third-order valence-corrected chi connectivity index (χ3v) is 3.40. The van der Waals surface area contributed by atoms with E-state index in [0.29, 0.717) is 11.6 Å². The van der Waals surface area contributed by atoms with E-state index >= 15 is 0 Å². The van der Waals surface area contributed by atoms with Crippen LogP contribution in [0.25, 0.3) is 11.4 Å². The summed E-state index contributed by atoms with van der Waals surface area (Å²) in [6, 6.07) is 9.39. The molecule has 0 aliphatic carbocycles. The van der Waals surface area contributed by atoms with Crippen molar-refractivity contribution in [3.05, 3.63) is 41.6 Å². The summed E-state index contributed by atoms with van der Waals surface area (Å²) >= 11 is 0. The summed E-state index contributed by atoms with van der Waals surface area (Å²) in [4.78, 5) is 21.6. The highest BCUT2D eigenvalue weighted by Crippen LogP contribution is 2.25. The summed E-state index contributed by atoms with van der Waals surface area (Å²) in [5, 5.41) is 9.20. The summed E-state index contributed by atoms with van der Waals surface area (Å²) < 4.78 is 0. The first-order chi connectivity index (χ1) is 10.2. The Morgan fingerprint density at radius 2 is 1.68 bits per heavy atom. The van der Waals surface area contributed by atoms with E-state index in [1.54, 1.807) is 4.90 Å². The van der Waals surface area contributed by atoms with Gasteiger partial charge in [0.2, 0.25) is 0 Å². The summed E-state index contributed by atoms with van der Waals surface area (Å²) in [6.07, 6.45) is 0. The van der Waals surface area contributed by atoms with Gasteiger partial charge in [0, 0.05) is 25.7 Å². The van der Waals surface area contributed by atoms with Crippen LogP contribution in [0, 0.1) is 0 Å². The van der Waals surface area contributed by atoms with Crippen molar-refractivity contribution in [2.45, 2.75) is 26.2 Å². The molecule has 0 aliphatic heterocycles. The molecule has 1 heterocycles. The minimum atomic E-state index is -1.06. The maximum absolute atomic E-state index is 11.2. The number of carboxylic acids is 1. The Kier molecular flexibility index (Phi) is 4.17. The van der Waals surface area contributed by atoms with Crippen LogP contribution >= 0.6 is 0 Å². The van der Waals surface area contributed by atoms with Crippen molar-refractivity contribution in [3.63, 3.8) is 0 Å². The molecule has 5 heteroatoms. The quantitative estimate of drug-likeness (QED) is 0.942. The van der Waals surface area contributed by atoms with Crippen LogP contribution in [-0.4, -0.2) is 35.1 Å². The van der Waals surface area contributed by atoms with Gasteiger partial charge in [0.25, 0.3) is 0 Å². The second-order valence-electron chi connectivity index (χ2n) is 6.46. The fourth-order valence-corrected chi connectivity index (χ4v) is 2.02. The molecule has 1 N–H and O–H groups in total. The fourth-order valence-electron chi connectivity index (χ4n) is 2.02. The smallest absolute Gasteiger partial charge is 0.354 e. The average Bonchev–Trinajstić information content (AvgIpc) is 2.46. The molecule has 0 spiro atoms. The molecule has 0 aliphatic rings. The molecule has 0 fully saturated rings. The Morgan fingerprint density at radius 3 is 2.14 bits per heavy atom. The molecule has 0 amide bonds. The minimum absolute atomic E-state index is 0.00593. The molecule has 0 unspecified atom stereocenters. The van der Waals surface area contributed by atoms with Crippen LogP contribution in [0.4, 0.5) is 5.82 Å². The minimum Gasteiger partial charge on any atom is -0.477 e. The summed E-state index contributed by atoms with van der Waals surface area (Å²) in [5.41, 5.74) is 2.07. The second-order valence-corrected chi connectivity index (χ2v) is 6.46. The standard InChI is InChI=1S/C17H21N3O2/c1-17(2,3)12-8-6-11(7-9-12)15-18-13(16(21)22)10-14(19-15)20(4)5/h6-10H,1-5H3,(H,21,22). The molecule has 0 saturated carbocycles. The molecule has 2 aromatic rings. The molecule has 5 nitrogen and oxygen atoms in total. The Balaban J connectivity index is 2.49. The molecule has 0 atom stereocenters. The van der Waals surface area contributed by atoms with Crippen LogP contribution in [0.2, 0.25) is 0 Å². The highest BCUT2D eigenvalue weighted by atomic mass is 16.4. The lowest BCUT2D eigenvalue weighted by molar-refractivity contribution is 0.0690. The van der Waals surface area contributed by atoms with Crippen LogP contribution in [0.15, 0.2) is 30.3 Å². The first kappa shape index (κ1) is 15.9. The number of hydrogen-bond donors (Lipinski definition) is 1. The number of aromatic carboxylic acids is 1. The normalized spacial score (nSPS) is 11.3. The zero-order valence-electron chi connectivity index (χ0n) is 13.6. The largest absolute Gasteiger partial charge is 0.477 e. The van der Waals surface area contributed by atoms with Gasteiger partial charge in [0.1, 0.15) is 5.82 Å². The fraction of sp³-hybridized carbons (Fsp3) is 0.353. The third-order valence-electron chi connectivity index (χ3n) is 3.40. The van der Waals surface area contributed by atoms with Gasteiger partial charge in [-0.1, -0.05) is 45.0 Å². The van der Waals surface area contributed by atoms with E-state index in [1.165, 1.54) is 11.6 Å². The van der Waals surface area contributed by atoms with E-state index < -0.39 is 5.97 Å². The van der Waals surface area contributed by atoms with Gasteiger partial charge in [-0.25, -0.2) is 14.8 Å². The first-order valence-corrected chi connectivity index (χ1v) is 7.09. The molecule has 1 aromatic heterocycles. The zero-order valence-corrected chi connectivity index (χ0v) is 13.6. The van der Waals surface area contributed by atoms with Crippen molar-refractivity contribution in [1.29, 1.82) is 0 Å². The first-order valence-electron chi connectivity index (χ1n) is 7.09. The van der Waals surface area contributed by atoms with Gasteiger partial charge >= 0.3 is 5.97 Å². The van der Waals surface area contributed by atoms with Gasteiger partial charge in [0.05, 0.1) is 0 Å². The van der Waals surface area contributed by atoms with Crippen LogP contribution in [0.5, 0.6) is 0 Å². The molecule has 0 bridgehead atoms. The van der Waals surface area contributed by atoms with Gasteiger partial charge in [-0.15, -0.1) is 0 Å². The van der Waals surface area contributed by atoms with Crippen molar-refractivity contribution in [2.24, 2.45) is 0 Å². The predicted octanol–water partition coefficient (Wildman–Crippen LogP) is 3.21. The van der Waals surface area contributed by atoms with Crippen LogP contribution < -0.4 is 4.90 Å². The van der Waals surface area contributed by atoms with Gasteiger partial charge in [-0.3, -0.25) is 0 Å². The van der Waals surface area contributed by atoms with E-state index in [1.807, 2.05) is 38.4 Å². The van der Waals surface area contributed by atoms with Crippen molar-refractivity contribution in [3.8, 4) is 11.4 Å². The van der Waals surface area contributed by atoms with E-state index in [4.69, 9.17) is 0 Å². The molecule has 2 rings (SSSR count). The average molecular weight is 299 g/mol. The van der Waals surface area contributed by atoms with Gasteiger partial charge in [-0.2, -0.15) is 0 Å². The van der Waals surface area contributed by atoms with E-state index in [-0.39, 0.29) is 11.1 Å². The van der Waals surface area contributed by atoms with Crippen LogP contribution in [0.3, 0.4) is 0 Å².